The number of carbonyl (C=O) groups is 1. The molecule has 1 atom stereocenters. The van der Waals surface area contributed by atoms with Gasteiger partial charge in [-0.25, -0.2) is 4.98 Å². The standard InChI is InChI=1S/C9H15N3O/c1-3-7(2)12-6-11-5-8(12)4-9(10)13/h5-7H,3-4H2,1-2H3,(H2,10,13). The summed E-state index contributed by atoms with van der Waals surface area (Å²) in [5, 5.41) is 0. The lowest BCUT2D eigenvalue weighted by Gasteiger charge is -2.13. The highest BCUT2D eigenvalue weighted by atomic mass is 16.1. The molecule has 0 aromatic carbocycles. The molecule has 1 aromatic rings. The second kappa shape index (κ2) is 4.07. The van der Waals surface area contributed by atoms with Crippen molar-refractivity contribution in [2.75, 3.05) is 0 Å². The van der Waals surface area contributed by atoms with Crippen molar-refractivity contribution < 1.29 is 4.79 Å². The number of amides is 1. The summed E-state index contributed by atoms with van der Waals surface area (Å²) in [5.41, 5.74) is 6.00. The van der Waals surface area contributed by atoms with E-state index in [1.54, 1.807) is 12.5 Å². The predicted octanol–water partition coefficient (Wildman–Crippen LogP) is 0.882. The zero-order chi connectivity index (χ0) is 9.84. The van der Waals surface area contributed by atoms with Crippen LogP contribution < -0.4 is 5.73 Å². The van der Waals surface area contributed by atoms with Crippen LogP contribution in [0.25, 0.3) is 0 Å². The number of primary amides is 1. The molecule has 0 bridgehead atoms. The maximum Gasteiger partial charge on any atom is 0.223 e. The molecule has 4 heteroatoms. The Morgan fingerprint density at radius 3 is 3.00 bits per heavy atom. The number of rotatable bonds is 4. The van der Waals surface area contributed by atoms with Crippen molar-refractivity contribution in [2.24, 2.45) is 5.73 Å². The summed E-state index contributed by atoms with van der Waals surface area (Å²) < 4.78 is 1.99. The second-order valence-electron chi connectivity index (χ2n) is 3.19. The Bertz CT molecular complexity index is 293. The molecule has 0 aliphatic heterocycles. The fourth-order valence-corrected chi connectivity index (χ4v) is 1.24. The number of carbonyl (C=O) groups excluding carboxylic acids is 1. The van der Waals surface area contributed by atoms with Crippen LogP contribution in [0, 0.1) is 0 Å². The van der Waals surface area contributed by atoms with Crippen LogP contribution in [0.4, 0.5) is 0 Å². The van der Waals surface area contributed by atoms with Crippen LogP contribution in [-0.2, 0) is 11.2 Å². The van der Waals surface area contributed by atoms with Gasteiger partial charge in [-0.15, -0.1) is 0 Å². The first kappa shape index (κ1) is 9.77. The van der Waals surface area contributed by atoms with Crippen LogP contribution in [0.2, 0.25) is 0 Å². The minimum atomic E-state index is -0.315. The van der Waals surface area contributed by atoms with Crippen molar-refractivity contribution in [1.82, 2.24) is 9.55 Å². The van der Waals surface area contributed by atoms with Crippen LogP contribution in [-0.4, -0.2) is 15.5 Å². The number of hydrogen-bond acceptors (Lipinski definition) is 2. The lowest BCUT2D eigenvalue weighted by Crippen LogP contribution is -2.17. The van der Waals surface area contributed by atoms with Gasteiger partial charge in [0.05, 0.1) is 12.7 Å². The van der Waals surface area contributed by atoms with E-state index in [0.29, 0.717) is 6.04 Å². The van der Waals surface area contributed by atoms with Gasteiger partial charge in [-0.05, 0) is 13.3 Å². The van der Waals surface area contributed by atoms with E-state index < -0.39 is 0 Å². The van der Waals surface area contributed by atoms with Crippen molar-refractivity contribution in [3.63, 3.8) is 0 Å². The molecule has 1 aromatic heterocycles. The van der Waals surface area contributed by atoms with E-state index in [2.05, 4.69) is 18.8 Å². The number of aromatic nitrogens is 2. The molecule has 0 aliphatic rings. The Hall–Kier alpha value is -1.32. The summed E-state index contributed by atoms with van der Waals surface area (Å²) in [7, 11) is 0. The van der Waals surface area contributed by atoms with E-state index in [1.165, 1.54) is 0 Å². The van der Waals surface area contributed by atoms with Gasteiger partial charge in [0.15, 0.2) is 0 Å². The summed E-state index contributed by atoms with van der Waals surface area (Å²) >= 11 is 0. The molecule has 0 fully saturated rings. The lowest BCUT2D eigenvalue weighted by molar-refractivity contribution is -0.117. The van der Waals surface area contributed by atoms with Crippen LogP contribution in [0.15, 0.2) is 12.5 Å². The summed E-state index contributed by atoms with van der Waals surface area (Å²) in [6.07, 6.45) is 4.72. The van der Waals surface area contributed by atoms with E-state index in [1.807, 2.05) is 4.57 Å². The van der Waals surface area contributed by atoms with Gasteiger partial charge in [-0.3, -0.25) is 4.79 Å². The first-order chi connectivity index (χ1) is 6.15. The third-order valence-corrected chi connectivity index (χ3v) is 2.17. The predicted molar refractivity (Wildman–Crippen MR) is 50.1 cm³/mol. The van der Waals surface area contributed by atoms with Crippen molar-refractivity contribution in [3.8, 4) is 0 Å². The first-order valence-corrected chi connectivity index (χ1v) is 4.44. The number of nitrogens with two attached hydrogens (primary N) is 1. The van der Waals surface area contributed by atoms with E-state index >= 15 is 0 Å². The SMILES string of the molecule is CCC(C)n1cncc1CC(N)=O. The Balaban J connectivity index is 2.82. The summed E-state index contributed by atoms with van der Waals surface area (Å²) in [4.78, 5) is 14.7. The lowest BCUT2D eigenvalue weighted by atomic mass is 10.2. The molecule has 0 aliphatic carbocycles. The van der Waals surface area contributed by atoms with Crippen molar-refractivity contribution in [2.45, 2.75) is 32.7 Å². The molecule has 0 saturated heterocycles. The minimum Gasteiger partial charge on any atom is -0.369 e. The van der Waals surface area contributed by atoms with Gasteiger partial charge in [0.2, 0.25) is 5.91 Å². The quantitative estimate of drug-likeness (QED) is 0.749. The molecule has 1 heterocycles. The second-order valence-corrected chi connectivity index (χ2v) is 3.19. The van der Waals surface area contributed by atoms with Gasteiger partial charge in [0.25, 0.3) is 0 Å². The molecule has 2 N–H and O–H groups in total. The Morgan fingerprint density at radius 1 is 1.77 bits per heavy atom. The van der Waals surface area contributed by atoms with Gasteiger partial charge < -0.3 is 10.3 Å². The highest BCUT2D eigenvalue weighted by Crippen LogP contribution is 2.13. The Morgan fingerprint density at radius 2 is 2.46 bits per heavy atom. The monoisotopic (exact) mass is 181 g/mol. The molecule has 1 unspecified atom stereocenters. The molecule has 72 valence electrons. The average molecular weight is 181 g/mol. The molecular weight excluding hydrogens is 166 g/mol. The largest absolute Gasteiger partial charge is 0.369 e. The molecule has 1 rings (SSSR count). The summed E-state index contributed by atoms with van der Waals surface area (Å²) in [5.74, 6) is -0.315. The number of hydrogen-bond donors (Lipinski definition) is 1. The number of imidazole rings is 1. The number of nitrogens with zero attached hydrogens (tertiary/aromatic N) is 2. The smallest absolute Gasteiger partial charge is 0.223 e. The highest BCUT2D eigenvalue weighted by molar-refractivity contribution is 5.76. The van der Waals surface area contributed by atoms with Gasteiger partial charge in [-0.1, -0.05) is 6.92 Å². The molecule has 0 spiro atoms. The maximum atomic E-state index is 10.7. The van der Waals surface area contributed by atoms with Crippen LogP contribution in [0.3, 0.4) is 0 Å². The van der Waals surface area contributed by atoms with Gasteiger partial charge in [0, 0.05) is 17.9 Å². The van der Waals surface area contributed by atoms with E-state index in [-0.39, 0.29) is 12.3 Å². The van der Waals surface area contributed by atoms with E-state index in [4.69, 9.17) is 5.73 Å². The van der Waals surface area contributed by atoms with Crippen LogP contribution in [0.1, 0.15) is 32.0 Å². The third-order valence-electron chi connectivity index (χ3n) is 2.17. The zero-order valence-corrected chi connectivity index (χ0v) is 8.03. The zero-order valence-electron chi connectivity index (χ0n) is 8.03. The molecule has 1 amide bonds. The fourth-order valence-electron chi connectivity index (χ4n) is 1.24. The van der Waals surface area contributed by atoms with Crippen molar-refractivity contribution >= 4 is 5.91 Å². The molecule has 4 nitrogen and oxygen atoms in total. The van der Waals surface area contributed by atoms with Gasteiger partial charge >= 0.3 is 0 Å². The Labute approximate surface area is 77.8 Å². The minimum absolute atomic E-state index is 0.268. The average Bonchev–Trinajstić information content (AvgIpc) is 2.50. The normalized spacial score (nSPS) is 12.8. The summed E-state index contributed by atoms with van der Waals surface area (Å²) in [6, 6.07) is 0.372. The van der Waals surface area contributed by atoms with Gasteiger partial charge in [-0.2, -0.15) is 0 Å². The first-order valence-electron chi connectivity index (χ1n) is 4.44. The maximum absolute atomic E-state index is 10.7. The van der Waals surface area contributed by atoms with E-state index in [0.717, 1.165) is 12.1 Å². The third kappa shape index (κ3) is 2.31. The highest BCUT2D eigenvalue weighted by Gasteiger charge is 2.09. The van der Waals surface area contributed by atoms with Crippen LogP contribution in [0.5, 0.6) is 0 Å². The summed E-state index contributed by atoms with van der Waals surface area (Å²) in [6.45, 7) is 4.19. The van der Waals surface area contributed by atoms with Gasteiger partial charge in [0.1, 0.15) is 0 Å². The van der Waals surface area contributed by atoms with Crippen molar-refractivity contribution in [1.29, 1.82) is 0 Å². The molecular formula is C9H15N3O. The molecule has 13 heavy (non-hydrogen) atoms. The fraction of sp³-hybridized carbons (Fsp3) is 0.556. The topological polar surface area (TPSA) is 60.9 Å². The molecule has 0 radical (unpaired) electrons. The van der Waals surface area contributed by atoms with E-state index in [9.17, 15) is 4.79 Å². The molecule has 0 saturated carbocycles. The Kier molecular flexibility index (Phi) is 3.06. The van der Waals surface area contributed by atoms with Crippen molar-refractivity contribution in [3.05, 3.63) is 18.2 Å². The van der Waals surface area contributed by atoms with Crippen LogP contribution >= 0.6 is 0 Å².